The van der Waals surface area contributed by atoms with E-state index < -0.39 is 45.9 Å². The maximum absolute atomic E-state index is 12.5. The first-order valence-electron chi connectivity index (χ1n) is 7.41. The van der Waals surface area contributed by atoms with Gasteiger partial charge in [-0.2, -0.15) is 21.6 Å². The van der Waals surface area contributed by atoms with E-state index in [4.69, 9.17) is 10.9 Å². The number of rotatable bonds is 4. The minimum Gasteiger partial charge on any atom is -0.543 e. The Morgan fingerprint density at radius 3 is 2.23 bits per heavy atom. The predicted molar refractivity (Wildman–Crippen MR) is 79.9 cm³/mol. The number of carboxylic acid groups (broad SMARTS) is 1. The standard InChI is InChI=1S/C13H17F3N4O5S/c14-13(15,16)10(17)11(21)19-4-1-7(2-5-19)8-3-6-20(26(18,24)25)9(8)12(22)23/h3,6-7,10H,1-2,4-5,17H2,(H,22,23)(H2,18,24,25)/p-1. The van der Waals surface area contributed by atoms with Crippen LogP contribution in [0.4, 0.5) is 13.2 Å². The second kappa shape index (κ2) is 6.89. The molecule has 1 aromatic heterocycles. The highest BCUT2D eigenvalue weighted by molar-refractivity contribution is 7.87. The molecule has 146 valence electrons. The molecular weight excluding hydrogens is 381 g/mol. The third-order valence-electron chi connectivity index (χ3n) is 4.22. The van der Waals surface area contributed by atoms with Crippen LogP contribution in [-0.4, -0.2) is 54.5 Å². The summed E-state index contributed by atoms with van der Waals surface area (Å²) in [5, 5.41) is 16.3. The van der Waals surface area contributed by atoms with Crippen molar-refractivity contribution in [2.75, 3.05) is 13.1 Å². The number of likely N-dealkylation sites (tertiary alicyclic amines) is 1. The molecule has 0 saturated carbocycles. The van der Waals surface area contributed by atoms with Crippen molar-refractivity contribution in [2.24, 2.45) is 10.9 Å². The normalized spacial score (nSPS) is 18.0. The zero-order valence-electron chi connectivity index (χ0n) is 13.3. The lowest BCUT2D eigenvalue weighted by molar-refractivity contribution is -0.255. The fraction of sp³-hybridized carbons (Fsp3) is 0.538. The summed E-state index contributed by atoms with van der Waals surface area (Å²) in [6.45, 7) is -0.166. The Balaban J connectivity index is 2.18. The molecular formula is C13H16F3N4O5S-. The van der Waals surface area contributed by atoms with Crippen molar-refractivity contribution < 1.29 is 36.3 Å². The van der Waals surface area contributed by atoms with Crippen molar-refractivity contribution >= 4 is 22.1 Å². The third-order valence-corrected chi connectivity index (χ3v) is 5.07. The van der Waals surface area contributed by atoms with Gasteiger partial charge in [0.2, 0.25) is 5.91 Å². The Hall–Kier alpha value is -2.12. The topological polar surface area (TPSA) is 152 Å². The Morgan fingerprint density at radius 2 is 1.81 bits per heavy atom. The van der Waals surface area contributed by atoms with E-state index in [2.05, 4.69) is 0 Å². The first kappa shape index (κ1) is 20.2. The number of amides is 1. The van der Waals surface area contributed by atoms with Crippen molar-refractivity contribution in [3.8, 4) is 0 Å². The molecule has 2 rings (SSSR count). The molecule has 1 amide bonds. The van der Waals surface area contributed by atoms with Crippen molar-refractivity contribution in [3.05, 3.63) is 23.5 Å². The molecule has 1 saturated heterocycles. The van der Waals surface area contributed by atoms with Crippen molar-refractivity contribution in [2.45, 2.75) is 31.0 Å². The number of carbonyl (C=O) groups is 2. The van der Waals surface area contributed by atoms with Gasteiger partial charge >= 0.3 is 16.4 Å². The molecule has 1 aliphatic heterocycles. The van der Waals surface area contributed by atoms with Gasteiger partial charge in [-0.05, 0) is 30.4 Å². The fourth-order valence-corrected chi connectivity index (χ4v) is 3.59. The molecule has 0 radical (unpaired) electrons. The highest BCUT2D eigenvalue weighted by atomic mass is 32.2. The van der Waals surface area contributed by atoms with E-state index >= 15 is 0 Å². The first-order valence-corrected chi connectivity index (χ1v) is 8.91. The second-order valence-electron chi connectivity index (χ2n) is 5.87. The molecule has 26 heavy (non-hydrogen) atoms. The number of halogens is 3. The average molecular weight is 397 g/mol. The van der Waals surface area contributed by atoms with E-state index in [1.165, 1.54) is 6.07 Å². The maximum atomic E-state index is 12.5. The Bertz CT molecular complexity index is 812. The molecule has 0 bridgehead atoms. The monoisotopic (exact) mass is 397 g/mol. The SMILES string of the molecule is NC(C(=O)N1CCC(c2ccn(S(N)(=O)=O)c2C(=O)[O-])CC1)C(F)(F)F. The molecule has 1 atom stereocenters. The number of nitrogens with two attached hydrogens (primary N) is 2. The van der Waals surface area contributed by atoms with Crippen LogP contribution < -0.4 is 16.0 Å². The Kier molecular flexibility index (Phi) is 5.35. The lowest BCUT2D eigenvalue weighted by Gasteiger charge is -2.34. The van der Waals surface area contributed by atoms with Gasteiger partial charge in [0.15, 0.2) is 6.04 Å². The minimum absolute atomic E-state index is 0.0830. The molecule has 4 N–H and O–H groups in total. The number of carboxylic acids is 1. The minimum atomic E-state index is -4.86. The largest absolute Gasteiger partial charge is 0.543 e. The Morgan fingerprint density at radius 1 is 1.27 bits per heavy atom. The summed E-state index contributed by atoms with van der Waals surface area (Å²) >= 11 is 0. The quantitative estimate of drug-likeness (QED) is 0.631. The zero-order valence-corrected chi connectivity index (χ0v) is 14.1. The molecule has 2 heterocycles. The number of hydrogen-bond acceptors (Lipinski definition) is 6. The maximum Gasteiger partial charge on any atom is 0.412 e. The summed E-state index contributed by atoms with van der Waals surface area (Å²) in [6.07, 6.45) is -3.63. The molecule has 0 spiro atoms. The van der Waals surface area contributed by atoms with Crippen LogP contribution in [0.3, 0.4) is 0 Å². The zero-order chi connectivity index (χ0) is 19.9. The number of aromatic nitrogens is 1. The highest BCUT2D eigenvalue weighted by Gasteiger charge is 2.44. The molecule has 1 fully saturated rings. The van der Waals surface area contributed by atoms with Crippen LogP contribution in [-0.2, 0) is 15.0 Å². The fourth-order valence-electron chi connectivity index (χ4n) is 2.93. The molecule has 1 aromatic rings. The van der Waals surface area contributed by atoms with E-state index in [0.717, 1.165) is 11.1 Å². The predicted octanol–water partition coefficient (Wildman–Crippen LogP) is -1.50. The van der Waals surface area contributed by atoms with Gasteiger partial charge in [0.1, 0.15) is 0 Å². The smallest absolute Gasteiger partial charge is 0.412 e. The number of piperidine rings is 1. The summed E-state index contributed by atoms with van der Waals surface area (Å²) < 4.78 is 60.9. The lowest BCUT2D eigenvalue weighted by atomic mass is 9.89. The van der Waals surface area contributed by atoms with Gasteiger partial charge in [0.25, 0.3) is 0 Å². The first-order chi connectivity index (χ1) is 11.8. The van der Waals surface area contributed by atoms with E-state index in [0.29, 0.717) is 3.97 Å². The van der Waals surface area contributed by atoms with Crippen molar-refractivity contribution in [3.63, 3.8) is 0 Å². The van der Waals surface area contributed by atoms with E-state index in [1.54, 1.807) is 0 Å². The van der Waals surface area contributed by atoms with Crippen molar-refractivity contribution in [1.29, 1.82) is 0 Å². The lowest BCUT2D eigenvalue weighted by Crippen LogP contribution is -2.53. The summed E-state index contributed by atoms with van der Waals surface area (Å²) in [4.78, 5) is 24.0. The van der Waals surface area contributed by atoms with Crippen LogP contribution in [0.1, 0.15) is 34.8 Å². The Labute approximate surface area is 146 Å². The van der Waals surface area contributed by atoms with Gasteiger partial charge < -0.3 is 20.5 Å². The number of aromatic carboxylic acids is 1. The molecule has 0 aromatic carbocycles. The average Bonchev–Trinajstić information content (AvgIpc) is 2.98. The van der Waals surface area contributed by atoms with Gasteiger partial charge in [-0.15, -0.1) is 0 Å². The van der Waals surface area contributed by atoms with Crippen molar-refractivity contribution in [1.82, 2.24) is 8.87 Å². The highest BCUT2D eigenvalue weighted by Crippen LogP contribution is 2.32. The van der Waals surface area contributed by atoms with Gasteiger partial charge in [-0.1, -0.05) is 0 Å². The van der Waals surface area contributed by atoms with E-state index in [-0.39, 0.29) is 31.5 Å². The number of carbonyl (C=O) groups excluding carboxylic acids is 2. The molecule has 1 unspecified atom stereocenters. The van der Waals surface area contributed by atoms with Gasteiger partial charge in [-0.3, -0.25) is 4.79 Å². The van der Waals surface area contributed by atoms with Crippen LogP contribution in [0, 0.1) is 0 Å². The second-order valence-corrected chi connectivity index (χ2v) is 7.29. The summed E-state index contributed by atoms with van der Waals surface area (Å²) in [5.74, 6) is -3.51. The van der Waals surface area contributed by atoms with Gasteiger partial charge in [0, 0.05) is 19.3 Å². The van der Waals surface area contributed by atoms with Crippen LogP contribution >= 0.6 is 0 Å². The number of alkyl halides is 3. The van der Waals surface area contributed by atoms with Crippen LogP contribution in [0.15, 0.2) is 12.3 Å². The van der Waals surface area contributed by atoms with Gasteiger partial charge in [0.05, 0.1) is 11.7 Å². The molecule has 0 aliphatic carbocycles. The summed E-state index contributed by atoms with van der Waals surface area (Å²) in [5.41, 5.74) is 4.40. The van der Waals surface area contributed by atoms with Crippen LogP contribution in [0.25, 0.3) is 0 Å². The number of nitrogens with zero attached hydrogens (tertiary/aromatic N) is 2. The molecule has 13 heteroatoms. The summed E-state index contributed by atoms with van der Waals surface area (Å²) in [7, 11) is -4.36. The van der Waals surface area contributed by atoms with Crippen LogP contribution in [0.2, 0.25) is 0 Å². The van der Waals surface area contributed by atoms with Gasteiger partial charge in [-0.25, -0.2) is 9.11 Å². The number of hydrogen-bond donors (Lipinski definition) is 2. The molecule has 9 nitrogen and oxygen atoms in total. The van der Waals surface area contributed by atoms with E-state index in [1.807, 2.05) is 0 Å². The molecule has 1 aliphatic rings. The van der Waals surface area contributed by atoms with E-state index in [9.17, 15) is 36.3 Å². The third kappa shape index (κ3) is 3.99. The van der Waals surface area contributed by atoms with Crippen LogP contribution in [0.5, 0.6) is 0 Å². The summed E-state index contributed by atoms with van der Waals surface area (Å²) in [6, 6.07) is -1.37.